The van der Waals surface area contributed by atoms with Gasteiger partial charge in [0.2, 0.25) is 5.91 Å². The molecule has 1 N–H and O–H groups in total. The Morgan fingerprint density at radius 1 is 1.06 bits per heavy atom. The molecule has 1 heterocycles. The number of carbonyl (C=O) groups excluding carboxylic acids is 1. The highest BCUT2D eigenvalue weighted by atomic mass is 16.5. The molecule has 0 aromatic heterocycles. The minimum Gasteiger partial charge on any atom is -0.494 e. The third-order valence-corrected chi connectivity index (χ3v) is 5.54. The van der Waals surface area contributed by atoms with E-state index in [1.807, 2.05) is 24.3 Å². The minimum atomic E-state index is 0.0963. The van der Waals surface area contributed by atoms with Crippen molar-refractivity contribution in [2.75, 3.05) is 19.7 Å². The summed E-state index contributed by atoms with van der Waals surface area (Å²) in [5, 5.41) is 3.09. The summed E-state index contributed by atoms with van der Waals surface area (Å²) >= 11 is 0. The van der Waals surface area contributed by atoms with Crippen LogP contribution in [0.4, 0.5) is 0 Å². The lowest BCUT2D eigenvalue weighted by Gasteiger charge is -2.35. The second kappa shape index (κ2) is 11.9. The van der Waals surface area contributed by atoms with Crippen molar-refractivity contribution in [1.82, 2.24) is 10.2 Å². The van der Waals surface area contributed by atoms with Crippen LogP contribution in [0.25, 0.3) is 0 Å². The van der Waals surface area contributed by atoms with Crippen molar-refractivity contribution in [3.8, 4) is 5.75 Å². The molecule has 2 aromatic carbocycles. The third kappa shape index (κ3) is 8.00. The molecule has 1 fully saturated rings. The summed E-state index contributed by atoms with van der Waals surface area (Å²) in [4.78, 5) is 14.7. The zero-order chi connectivity index (χ0) is 22.1. The molecule has 0 bridgehead atoms. The van der Waals surface area contributed by atoms with Crippen molar-refractivity contribution < 1.29 is 14.3 Å². The van der Waals surface area contributed by atoms with E-state index in [2.05, 4.69) is 55.3 Å². The molecule has 2 aromatic rings. The minimum absolute atomic E-state index is 0.0963. The number of unbranched alkanes of at least 4 members (excludes halogenated alkanes) is 1. The lowest BCUT2D eigenvalue weighted by Crippen LogP contribution is -2.45. The summed E-state index contributed by atoms with van der Waals surface area (Å²) in [6.45, 7) is 10.3. The van der Waals surface area contributed by atoms with Crippen LogP contribution in [-0.4, -0.2) is 42.7 Å². The lowest BCUT2D eigenvalue weighted by atomic mass is 10.1. The number of benzene rings is 2. The average Bonchev–Trinajstić information content (AvgIpc) is 2.72. The van der Waals surface area contributed by atoms with E-state index in [0.717, 1.165) is 38.2 Å². The lowest BCUT2D eigenvalue weighted by molar-refractivity contribution is -0.121. The maximum Gasteiger partial charge on any atom is 0.220 e. The van der Waals surface area contributed by atoms with Gasteiger partial charge in [0.05, 0.1) is 18.8 Å². The summed E-state index contributed by atoms with van der Waals surface area (Å²) in [5.41, 5.74) is 3.65. The average molecular weight is 425 g/mol. The Labute approximate surface area is 186 Å². The van der Waals surface area contributed by atoms with Crippen molar-refractivity contribution in [1.29, 1.82) is 0 Å². The van der Waals surface area contributed by atoms with Crippen LogP contribution in [0, 0.1) is 6.92 Å². The highest BCUT2D eigenvalue weighted by molar-refractivity contribution is 5.75. The summed E-state index contributed by atoms with van der Waals surface area (Å²) in [6, 6.07) is 16.4. The van der Waals surface area contributed by atoms with Gasteiger partial charge in [-0.25, -0.2) is 0 Å². The Morgan fingerprint density at radius 3 is 2.55 bits per heavy atom. The number of amides is 1. The van der Waals surface area contributed by atoms with Crippen LogP contribution in [0.2, 0.25) is 0 Å². The van der Waals surface area contributed by atoms with Gasteiger partial charge < -0.3 is 14.8 Å². The van der Waals surface area contributed by atoms with Gasteiger partial charge in [0.1, 0.15) is 5.75 Å². The Kier molecular flexibility index (Phi) is 8.92. The predicted molar refractivity (Wildman–Crippen MR) is 124 cm³/mol. The van der Waals surface area contributed by atoms with Crippen LogP contribution in [0.3, 0.4) is 0 Å². The number of nitrogens with zero attached hydrogens (tertiary/aromatic N) is 1. The van der Waals surface area contributed by atoms with Crippen molar-refractivity contribution in [2.24, 2.45) is 0 Å². The molecule has 5 heteroatoms. The molecule has 5 nitrogen and oxygen atoms in total. The van der Waals surface area contributed by atoms with Crippen molar-refractivity contribution in [3.05, 3.63) is 65.2 Å². The number of hydrogen-bond acceptors (Lipinski definition) is 4. The number of nitrogens with one attached hydrogen (secondary N) is 1. The van der Waals surface area contributed by atoms with E-state index >= 15 is 0 Å². The Hall–Kier alpha value is -2.37. The van der Waals surface area contributed by atoms with Gasteiger partial charge in [0.15, 0.2) is 0 Å². The first-order chi connectivity index (χ1) is 15.0. The first-order valence-corrected chi connectivity index (χ1v) is 11.4. The highest BCUT2D eigenvalue weighted by Gasteiger charge is 2.22. The smallest absolute Gasteiger partial charge is 0.220 e. The summed E-state index contributed by atoms with van der Waals surface area (Å²) in [7, 11) is 0. The zero-order valence-corrected chi connectivity index (χ0v) is 19.1. The van der Waals surface area contributed by atoms with E-state index in [4.69, 9.17) is 9.47 Å². The molecule has 3 rings (SSSR count). The van der Waals surface area contributed by atoms with Crippen molar-refractivity contribution in [3.63, 3.8) is 0 Å². The first-order valence-electron chi connectivity index (χ1n) is 11.4. The maximum absolute atomic E-state index is 12.3. The Balaban J connectivity index is 1.38. The van der Waals surface area contributed by atoms with E-state index < -0.39 is 0 Å². The van der Waals surface area contributed by atoms with Gasteiger partial charge in [-0.2, -0.15) is 0 Å². The summed E-state index contributed by atoms with van der Waals surface area (Å²) < 4.78 is 11.6. The van der Waals surface area contributed by atoms with Crippen LogP contribution in [0.15, 0.2) is 48.5 Å². The van der Waals surface area contributed by atoms with Crippen molar-refractivity contribution >= 4 is 5.91 Å². The van der Waals surface area contributed by atoms with Gasteiger partial charge in [-0.05, 0) is 62.4 Å². The molecule has 1 saturated heterocycles. The van der Waals surface area contributed by atoms with E-state index in [0.29, 0.717) is 19.6 Å². The largest absolute Gasteiger partial charge is 0.494 e. The Morgan fingerprint density at radius 2 is 1.81 bits per heavy atom. The van der Waals surface area contributed by atoms with E-state index in [9.17, 15) is 4.79 Å². The molecule has 0 aliphatic carbocycles. The van der Waals surface area contributed by atoms with Crippen LogP contribution in [0.1, 0.15) is 49.8 Å². The summed E-state index contributed by atoms with van der Waals surface area (Å²) in [6.07, 6.45) is 2.72. The number of rotatable bonds is 10. The molecule has 2 unspecified atom stereocenters. The molecule has 1 aliphatic rings. The van der Waals surface area contributed by atoms with Gasteiger partial charge >= 0.3 is 0 Å². The monoisotopic (exact) mass is 424 g/mol. The quantitative estimate of drug-likeness (QED) is 0.572. The highest BCUT2D eigenvalue weighted by Crippen LogP contribution is 2.17. The number of aryl methyl sites for hydroxylation is 1. The summed E-state index contributed by atoms with van der Waals surface area (Å²) in [5.74, 6) is 0.990. The molecular weight excluding hydrogens is 388 g/mol. The molecule has 168 valence electrons. The topological polar surface area (TPSA) is 50.8 Å². The molecule has 0 spiro atoms. The van der Waals surface area contributed by atoms with Crippen LogP contribution < -0.4 is 10.1 Å². The standard InChI is InChI=1S/C26H36N2O3/c1-20-9-8-12-25(15-20)30-14-7-6-13-26(29)27-16-23-10-4-5-11-24(23)19-28-17-21(2)31-22(3)18-28/h4-5,8-12,15,21-22H,6-7,13-14,16-19H2,1-3H3,(H,27,29). The van der Waals surface area contributed by atoms with Crippen LogP contribution in [-0.2, 0) is 22.6 Å². The first kappa shape index (κ1) is 23.3. The van der Waals surface area contributed by atoms with E-state index in [1.165, 1.54) is 16.7 Å². The third-order valence-electron chi connectivity index (χ3n) is 5.54. The zero-order valence-electron chi connectivity index (χ0n) is 19.1. The number of ether oxygens (including phenoxy) is 2. The van der Waals surface area contributed by atoms with Crippen molar-refractivity contribution in [2.45, 2.75) is 65.3 Å². The molecule has 31 heavy (non-hydrogen) atoms. The molecule has 0 radical (unpaired) electrons. The van der Waals surface area contributed by atoms with E-state index in [-0.39, 0.29) is 18.1 Å². The van der Waals surface area contributed by atoms with Gasteiger partial charge in [0, 0.05) is 32.6 Å². The maximum atomic E-state index is 12.3. The molecule has 1 aliphatic heterocycles. The van der Waals surface area contributed by atoms with Gasteiger partial charge in [-0.3, -0.25) is 9.69 Å². The van der Waals surface area contributed by atoms with E-state index in [1.54, 1.807) is 0 Å². The number of hydrogen-bond donors (Lipinski definition) is 1. The number of carbonyl (C=O) groups is 1. The SMILES string of the molecule is Cc1cccc(OCCCCC(=O)NCc2ccccc2CN2CC(C)OC(C)C2)c1. The Bertz CT molecular complexity index is 829. The molecule has 2 atom stereocenters. The predicted octanol–water partition coefficient (Wildman–Crippen LogP) is 4.47. The van der Waals surface area contributed by atoms with Crippen LogP contribution >= 0.6 is 0 Å². The fourth-order valence-corrected chi connectivity index (χ4v) is 4.10. The fourth-order valence-electron chi connectivity index (χ4n) is 4.10. The normalized spacial score (nSPS) is 19.2. The second-order valence-electron chi connectivity index (χ2n) is 8.62. The van der Waals surface area contributed by atoms with Gasteiger partial charge in [-0.1, -0.05) is 36.4 Å². The second-order valence-corrected chi connectivity index (χ2v) is 8.62. The van der Waals surface area contributed by atoms with Crippen LogP contribution in [0.5, 0.6) is 5.75 Å². The van der Waals surface area contributed by atoms with Gasteiger partial charge in [0.25, 0.3) is 0 Å². The molecular formula is C26H36N2O3. The molecule has 1 amide bonds. The number of morpholine rings is 1. The fraction of sp³-hybridized carbons (Fsp3) is 0.500. The molecule has 0 saturated carbocycles. The van der Waals surface area contributed by atoms with Gasteiger partial charge in [-0.15, -0.1) is 0 Å².